The predicted molar refractivity (Wildman–Crippen MR) is 79.0 cm³/mol. The first kappa shape index (κ1) is 15.0. The Morgan fingerprint density at radius 2 is 1.27 bits per heavy atom. The van der Waals surface area contributed by atoms with E-state index in [2.05, 4.69) is 15.0 Å². The van der Waals surface area contributed by atoms with Gasteiger partial charge in [0.1, 0.15) is 11.4 Å². The van der Waals surface area contributed by atoms with Gasteiger partial charge in [0.2, 0.25) is 18.2 Å². The van der Waals surface area contributed by atoms with Gasteiger partial charge in [0.15, 0.2) is 0 Å². The van der Waals surface area contributed by atoms with Crippen molar-refractivity contribution in [3.63, 3.8) is 0 Å². The monoisotopic (exact) mass is 291 g/mol. The highest BCUT2D eigenvalue weighted by molar-refractivity contribution is 5.72. The van der Waals surface area contributed by atoms with Crippen LogP contribution in [0.15, 0.2) is 57.4 Å². The van der Waals surface area contributed by atoms with Crippen LogP contribution in [0.4, 0.5) is 17.1 Å². The number of hydrogen-bond donors (Lipinski definition) is 0. The number of para-hydroxylation sites is 2. The quantitative estimate of drug-likeness (QED) is 0.626. The molecule has 0 radical (unpaired) electrons. The van der Waals surface area contributed by atoms with E-state index < -0.39 is 0 Å². The van der Waals surface area contributed by atoms with E-state index >= 15 is 0 Å². The molecule has 6 heteroatoms. The summed E-state index contributed by atoms with van der Waals surface area (Å²) < 4.78 is 0. The Labute approximate surface area is 125 Å². The molecule has 0 fully saturated rings. The molecule has 0 atom stereocenters. The van der Waals surface area contributed by atoms with E-state index in [-0.39, 0.29) is 11.4 Å². The maximum atomic E-state index is 10.6. The van der Waals surface area contributed by atoms with Crippen LogP contribution in [0.5, 0.6) is 0 Å². The molecule has 0 aliphatic rings. The highest BCUT2D eigenvalue weighted by atomic mass is 16.1. The van der Waals surface area contributed by atoms with Crippen LogP contribution >= 0.6 is 0 Å². The lowest BCUT2D eigenvalue weighted by molar-refractivity contribution is 0.564. The molecule has 2 aromatic rings. The normalized spacial score (nSPS) is 9.09. The van der Waals surface area contributed by atoms with Crippen molar-refractivity contribution in [2.24, 2.45) is 15.0 Å². The van der Waals surface area contributed by atoms with Gasteiger partial charge >= 0.3 is 0 Å². The van der Waals surface area contributed by atoms with Crippen molar-refractivity contribution in [1.29, 1.82) is 0 Å². The third-order valence-electron chi connectivity index (χ3n) is 2.96. The molecule has 2 rings (SSSR count). The topological polar surface area (TPSA) is 88.3 Å². The summed E-state index contributed by atoms with van der Waals surface area (Å²) in [5.74, 6) is 0. The molecule has 0 N–H and O–H groups in total. The minimum Gasteiger partial charge on any atom is -0.211 e. The predicted octanol–water partition coefficient (Wildman–Crippen LogP) is 3.18. The number of hydrogen-bond acceptors (Lipinski definition) is 6. The van der Waals surface area contributed by atoms with Gasteiger partial charge < -0.3 is 0 Å². The van der Waals surface area contributed by atoms with E-state index in [1.54, 1.807) is 42.5 Å². The Hall–Kier alpha value is -3.42. The summed E-state index contributed by atoms with van der Waals surface area (Å²) in [6.07, 6.45) is 4.72. The Bertz CT molecular complexity index is 841. The van der Waals surface area contributed by atoms with Gasteiger partial charge in [-0.15, -0.1) is 0 Å². The van der Waals surface area contributed by atoms with Crippen LogP contribution in [0.1, 0.15) is 11.1 Å². The molecule has 0 amide bonds. The van der Waals surface area contributed by atoms with Crippen LogP contribution in [0.2, 0.25) is 0 Å². The SMILES string of the molecule is O=C=Nc1ccccc1Cc1cccc(N=C=O)c1N=C=O. The van der Waals surface area contributed by atoms with Crippen molar-refractivity contribution in [3.8, 4) is 0 Å². The summed E-state index contributed by atoms with van der Waals surface area (Å²) in [5.41, 5.74) is 2.34. The number of rotatable bonds is 5. The molecule has 0 aliphatic heterocycles. The van der Waals surface area contributed by atoms with Crippen LogP contribution in [0.3, 0.4) is 0 Å². The standard InChI is InChI=1S/C16H9N3O3/c20-9-17-14-6-2-1-4-12(14)8-13-5-3-7-15(18-10-21)16(13)19-11-22/h1-7H,8H2. The van der Waals surface area contributed by atoms with Crippen LogP contribution < -0.4 is 0 Å². The molecular weight excluding hydrogens is 282 g/mol. The summed E-state index contributed by atoms with van der Waals surface area (Å²) in [6, 6.07) is 12.0. The second-order valence-electron chi connectivity index (χ2n) is 4.20. The summed E-state index contributed by atoms with van der Waals surface area (Å²) >= 11 is 0. The molecule has 22 heavy (non-hydrogen) atoms. The molecule has 0 saturated heterocycles. The Morgan fingerprint density at radius 1 is 0.682 bits per heavy atom. The highest BCUT2D eigenvalue weighted by Crippen LogP contribution is 2.34. The molecule has 6 nitrogen and oxygen atoms in total. The number of carbonyl (C=O) groups excluding carboxylic acids is 3. The summed E-state index contributed by atoms with van der Waals surface area (Å²) in [6.45, 7) is 0. The lowest BCUT2D eigenvalue weighted by atomic mass is 10.0. The molecular formula is C16H9N3O3. The fraction of sp³-hybridized carbons (Fsp3) is 0.0625. The second kappa shape index (κ2) is 7.39. The minimum absolute atomic E-state index is 0.229. The Balaban J connectivity index is 2.54. The lowest BCUT2D eigenvalue weighted by Gasteiger charge is -2.08. The molecule has 0 bridgehead atoms. The van der Waals surface area contributed by atoms with E-state index in [1.807, 2.05) is 0 Å². The van der Waals surface area contributed by atoms with Gasteiger partial charge in [-0.1, -0.05) is 30.3 Å². The van der Waals surface area contributed by atoms with Gasteiger partial charge in [0.05, 0.1) is 5.69 Å². The van der Waals surface area contributed by atoms with Crippen molar-refractivity contribution in [1.82, 2.24) is 0 Å². The highest BCUT2D eigenvalue weighted by Gasteiger charge is 2.10. The first-order valence-electron chi connectivity index (χ1n) is 6.23. The van der Waals surface area contributed by atoms with E-state index in [9.17, 15) is 14.4 Å². The Kier molecular flexibility index (Phi) is 5.03. The van der Waals surface area contributed by atoms with E-state index in [0.717, 1.165) is 5.56 Å². The van der Waals surface area contributed by atoms with E-state index in [0.29, 0.717) is 17.7 Å². The minimum atomic E-state index is 0.229. The average molecular weight is 291 g/mol. The van der Waals surface area contributed by atoms with E-state index in [1.165, 1.54) is 18.2 Å². The summed E-state index contributed by atoms with van der Waals surface area (Å²) in [4.78, 5) is 42.3. The summed E-state index contributed by atoms with van der Waals surface area (Å²) in [7, 11) is 0. The zero-order chi connectivity index (χ0) is 15.8. The van der Waals surface area contributed by atoms with Gasteiger partial charge in [-0.2, -0.15) is 15.0 Å². The third kappa shape index (κ3) is 3.37. The van der Waals surface area contributed by atoms with Crippen molar-refractivity contribution in [2.75, 3.05) is 0 Å². The fourth-order valence-electron chi connectivity index (χ4n) is 2.06. The molecule has 0 unspecified atom stereocenters. The molecule has 0 aliphatic carbocycles. The molecule has 0 spiro atoms. The van der Waals surface area contributed by atoms with Gasteiger partial charge in [-0.25, -0.2) is 14.4 Å². The number of aliphatic imine (C=N–C) groups is 3. The average Bonchev–Trinajstić information content (AvgIpc) is 2.53. The zero-order valence-corrected chi connectivity index (χ0v) is 11.3. The molecule has 0 saturated carbocycles. The smallest absolute Gasteiger partial charge is 0.211 e. The first-order chi connectivity index (χ1) is 10.8. The van der Waals surface area contributed by atoms with Gasteiger partial charge in [-0.05, 0) is 23.3 Å². The number of benzene rings is 2. The van der Waals surface area contributed by atoms with Crippen LogP contribution in [0, 0.1) is 0 Å². The summed E-state index contributed by atoms with van der Waals surface area (Å²) in [5, 5.41) is 0. The van der Waals surface area contributed by atoms with Gasteiger partial charge in [-0.3, -0.25) is 0 Å². The largest absolute Gasteiger partial charge is 0.240 e. The second-order valence-corrected chi connectivity index (χ2v) is 4.20. The maximum Gasteiger partial charge on any atom is 0.240 e. The fourth-order valence-corrected chi connectivity index (χ4v) is 2.06. The van der Waals surface area contributed by atoms with Gasteiger partial charge in [0, 0.05) is 6.42 Å². The van der Waals surface area contributed by atoms with Crippen molar-refractivity contribution in [2.45, 2.75) is 6.42 Å². The van der Waals surface area contributed by atoms with Gasteiger partial charge in [0.25, 0.3) is 0 Å². The Morgan fingerprint density at radius 3 is 2.00 bits per heavy atom. The molecule has 0 aromatic heterocycles. The van der Waals surface area contributed by atoms with Crippen LogP contribution in [0.25, 0.3) is 0 Å². The first-order valence-corrected chi connectivity index (χ1v) is 6.23. The lowest BCUT2D eigenvalue weighted by Crippen LogP contribution is -1.90. The zero-order valence-electron chi connectivity index (χ0n) is 11.3. The number of isocyanates is 3. The van der Waals surface area contributed by atoms with Crippen molar-refractivity contribution in [3.05, 3.63) is 53.6 Å². The van der Waals surface area contributed by atoms with E-state index in [4.69, 9.17) is 0 Å². The third-order valence-corrected chi connectivity index (χ3v) is 2.96. The van der Waals surface area contributed by atoms with Crippen molar-refractivity contribution >= 4 is 35.3 Å². The van der Waals surface area contributed by atoms with Crippen LogP contribution in [-0.4, -0.2) is 18.2 Å². The maximum absolute atomic E-state index is 10.6. The molecule has 106 valence electrons. The molecule has 2 aromatic carbocycles. The van der Waals surface area contributed by atoms with Crippen LogP contribution in [-0.2, 0) is 20.8 Å². The van der Waals surface area contributed by atoms with Crippen molar-refractivity contribution < 1.29 is 14.4 Å². The number of nitrogens with zero attached hydrogens (tertiary/aromatic N) is 3. The molecule has 0 heterocycles.